The molecule has 0 radical (unpaired) electrons. The van der Waals surface area contributed by atoms with E-state index < -0.39 is 45.9 Å². The number of carbonyl (C=O) groups excluding carboxylic acids is 2. The second-order valence-corrected chi connectivity index (χ2v) is 8.40. The number of ketones is 1. The Morgan fingerprint density at radius 1 is 1.26 bits per heavy atom. The lowest BCUT2D eigenvalue weighted by molar-refractivity contribution is -0.384. The molecular weight excluding hydrogens is 423 g/mol. The summed E-state index contributed by atoms with van der Waals surface area (Å²) >= 11 is 0. The number of alkyl halides is 3. The summed E-state index contributed by atoms with van der Waals surface area (Å²) < 4.78 is 51.5. The number of aliphatic hydroxyl groups is 1. The number of esters is 1. The SMILES string of the molecule is COC(=O)[C@H]1[C@H](c2ccc([N+](=O)[O-])cc2)C2=C(CC(C)(C)CC2=O)O[C@]1(O)C(F)(F)F. The number of methoxy groups -OCH3 is 1. The van der Waals surface area contributed by atoms with E-state index in [0.29, 0.717) is 0 Å². The van der Waals surface area contributed by atoms with Crippen molar-refractivity contribution in [2.24, 2.45) is 11.3 Å². The third-order valence-electron chi connectivity index (χ3n) is 5.55. The van der Waals surface area contributed by atoms with Crippen LogP contribution >= 0.6 is 0 Å². The highest BCUT2D eigenvalue weighted by Gasteiger charge is 2.70. The van der Waals surface area contributed by atoms with Crippen LogP contribution in [-0.2, 0) is 19.1 Å². The average molecular weight is 443 g/mol. The number of carbonyl (C=O) groups is 2. The largest absolute Gasteiger partial charge is 0.469 e. The van der Waals surface area contributed by atoms with Crippen LogP contribution in [0.4, 0.5) is 18.9 Å². The summed E-state index contributed by atoms with van der Waals surface area (Å²) in [5.74, 6) is -10.2. The molecule has 0 amide bonds. The number of nitro groups is 1. The van der Waals surface area contributed by atoms with Gasteiger partial charge in [-0.1, -0.05) is 26.0 Å². The first kappa shape index (κ1) is 22.7. The number of ether oxygens (including phenoxy) is 2. The zero-order chi connectivity index (χ0) is 23.4. The highest BCUT2D eigenvalue weighted by molar-refractivity contribution is 6.00. The van der Waals surface area contributed by atoms with Crippen LogP contribution in [0.25, 0.3) is 0 Å². The lowest BCUT2D eigenvalue weighted by atomic mass is 9.66. The number of hydrogen-bond donors (Lipinski definition) is 1. The van der Waals surface area contributed by atoms with Crippen LogP contribution in [0.1, 0.15) is 38.2 Å². The van der Waals surface area contributed by atoms with E-state index in [2.05, 4.69) is 4.74 Å². The van der Waals surface area contributed by atoms with E-state index in [0.717, 1.165) is 31.4 Å². The normalized spacial score (nSPS) is 27.9. The maximum atomic E-state index is 14.0. The Kier molecular flexibility index (Phi) is 5.37. The number of rotatable bonds is 3. The quantitative estimate of drug-likeness (QED) is 0.432. The number of nitrogens with zero attached hydrogens (tertiary/aromatic N) is 1. The molecule has 1 N–H and O–H groups in total. The van der Waals surface area contributed by atoms with E-state index in [1.165, 1.54) is 0 Å². The highest BCUT2D eigenvalue weighted by Crippen LogP contribution is 2.56. The summed E-state index contributed by atoms with van der Waals surface area (Å²) in [6, 6.07) is 4.39. The zero-order valence-electron chi connectivity index (χ0n) is 16.9. The van der Waals surface area contributed by atoms with Gasteiger partial charge in [0, 0.05) is 36.5 Å². The van der Waals surface area contributed by atoms with Crippen molar-refractivity contribution in [3.8, 4) is 0 Å². The minimum Gasteiger partial charge on any atom is -0.469 e. The molecule has 1 aliphatic heterocycles. The molecule has 1 aromatic rings. The fraction of sp³-hybridized carbons (Fsp3) is 0.500. The van der Waals surface area contributed by atoms with Gasteiger partial charge < -0.3 is 14.6 Å². The molecule has 168 valence electrons. The number of allylic oxidation sites excluding steroid dienone is 2. The summed E-state index contributed by atoms with van der Waals surface area (Å²) in [5, 5.41) is 21.6. The van der Waals surface area contributed by atoms with Gasteiger partial charge in [-0.15, -0.1) is 0 Å². The molecule has 3 atom stereocenters. The second kappa shape index (κ2) is 7.33. The molecular formula is C20H20F3NO7. The Bertz CT molecular complexity index is 968. The molecule has 8 nitrogen and oxygen atoms in total. The van der Waals surface area contributed by atoms with Gasteiger partial charge in [0.05, 0.1) is 12.0 Å². The topological polar surface area (TPSA) is 116 Å². The molecule has 3 rings (SSSR count). The van der Waals surface area contributed by atoms with Gasteiger partial charge in [0.2, 0.25) is 0 Å². The maximum absolute atomic E-state index is 14.0. The summed E-state index contributed by atoms with van der Waals surface area (Å²) in [4.78, 5) is 35.7. The molecule has 31 heavy (non-hydrogen) atoms. The van der Waals surface area contributed by atoms with Crippen molar-refractivity contribution in [2.45, 2.75) is 44.6 Å². The molecule has 1 heterocycles. The first-order chi connectivity index (χ1) is 14.2. The Balaban J connectivity index is 2.30. The predicted octanol–water partition coefficient (Wildman–Crippen LogP) is 3.39. The molecule has 0 unspecified atom stereocenters. The predicted molar refractivity (Wildman–Crippen MR) is 98.5 cm³/mol. The van der Waals surface area contributed by atoms with Gasteiger partial charge in [-0.25, -0.2) is 0 Å². The monoisotopic (exact) mass is 443 g/mol. The fourth-order valence-corrected chi connectivity index (χ4v) is 4.18. The summed E-state index contributed by atoms with van der Waals surface area (Å²) in [5.41, 5.74) is -1.23. The van der Waals surface area contributed by atoms with E-state index in [4.69, 9.17) is 4.74 Å². The number of benzene rings is 1. The minimum atomic E-state index is -5.41. The van der Waals surface area contributed by atoms with Crippen molar-refractivity contribution < 1.29 is 42.3 Å². The number of Topliss-reactive ketones (excluding diaryl/α,β-unsaturated/α-hetero) is 1. The van der Waals surface area contributed by atoms with Crippen LogP contribution in [0.15, 0.2) is 35.6 Å². The Labute approximate surface area is 174 Å². The van der Waals surface area contributed by atoms with Crippen molar-refractivity contribution in [1.82, 2.24) is 0 Å². The molecule has 0 fully saturated rings. The number of hydrogen-bond acceptors (Lipinski definition) is 7. The zero-order valence-corrected chi connectivity index (χ0v) is 16.9. The average Bonchev–Trinajstić information content (AvgIpc) is 2.64. The Hall–Kier alpha value is -2.95. The van der Waals surface area contributed by atoms with Gasteiger partial charge in [0.15, 0.2) is 5.78 Å². The molecule has 0 saturated heterocycles. The Morgan fingerprint density at radius 3 is 2.32 bits per heavy atom. The van der Waals surface area contributed by atoms with Crippen LogP contribution in [0.3, 0.4) is 0 Å². The lowest BCUT2D eigenvalue weighted by Crippen LogP contribution is -2.61. The van der Waals surface area contributed by atoms with E-state index in [1.807, 2.05) is 0 Å². The van der Waals surface area contributed by atoms with Crippen molar-refractivity contribution in [3.63, 3.8) is 0 Å². The van der Waals surface area contributed by atoms with Crippen LogP contribution in [0.2, 0.25) is 0 Å². The molecule has 2 aliphatic rings. The van der Waals surface area contributed by atoms with Gasteiger partial charge in [0.1, 0.15) is 11.7 Å². The fourth-order valence-electron chi connectivity index (χ4n) is 4.18. The summed E-state index contributed by atoms with van der Waals surface area (Å²) in [7, 11) is 0.849. The Morgan fingerprint density at radius 2 is 1.84 bits per heavy atom. The van der Waals surface area contributed by atoms with Crippen LogP contribution in [0.5, 0.6) is 0 Å². The second-order valence-electron chi connectivity index (χ2n) is 8.40. The maximum Gasteiger partial charge on any atom is 0.456 e. The van der Waals surface area contributed by atoms with Crippen molar-refractivity contribution in [3.05, 3.63) is 51.3 Å². The lowest BCUT2D eigenvalue weighted by Gasteiger charge is -2.47. The standard InChI is InChI=1S/C20H20F3NO7/c1-18(2)8-12(25)15-13(9-18)31-19(27,20(21,22)23)16(17(26)30-3)14(15)10-4-6-11(7-5-10)24(28)29/h4-7,14,16,27H,8-9H2,1-3H3/t14-,16-,19+/m1/s1. The van der Waals surface area contributed by atoms with Crippen LogP contribution in [-0.4, -0.2) is 40.9 Å². The van der Waals surface area contributed by atoms with Crippen LogP contribution < -0.4 is 0 Å². The molecule has 0 aromatic heterocycles. The number of halogens is 3. The van der Waals surface area contributed by atoms with Crippen LogP contribution in [0, 0.1) is 21.4 Å². The highest BCUT2D eigenvalue weighted by atomic mass is 19.4. The van der Waals surface area contributed by atoms with Crippen molar-refractivity contribution in [2.75, 3.05) is 7.11 Å². The van der Waals surface area contributed by atoms with E-state index >= 15 is 0 Å². The molecule has 1 aliphatic carbocycles. The van der Waals surface area contributed by atoms with Gasteiger partial charge in [-0.3, -0.25) is 19.7 Å². The number of nitro benzene ring substituents is 1. The first-order valence-corrected chi connectivity index (χ1v) is 9.28. The van der Waals surface area contributed by atoms with Crippen molar-refractivity contribution in [1.29, 1.82) is 0 Å². The van der Waals surface area contributed by atoms with Gasteiger partial charge in [-0.2, -0.15) is 13.2 Å². The summed E-state index contributed by atoms with van der Waals surface area (Å²) in [6.45, 7) is 3.33. The van der Waals surface area contributed by atoms with Gasteiger partial charge in [-0.05, 0) is 11.0 Å². The van der Waals surface area contributed by atoms with Crippen molar-refractivity contribution >= 4 is 17.4 Å². The van der Waals surface area contributed by atoms with E-state index in [1.54, 1.807) is 13.8 Å². The van der Waals surface area contributed by atoms with Gasteiger partial charge >= 0.3 is 17.9 Å². The third kappa shape index (κ3) is 3.78. The molecule has 1 aromatic carbocycles. The molecule has 11 heteroatoms. The van der Waals surface area contributed by atoms with Gasteiger partial charge in [0.25, 0.3) is 5.69 Å². The number of non-ortho nitro benzene ring substituents is 1. The third-order valence-corrected chi connectivity index (χ3v) is 5.55. The summed E-state index contributed by atoms with van der Waals surface area (Å²) in [6.07, 6.45) is -5.51. The molecule has 0 spiro atoms. The molecule has 0 saturated carbocycles. The smallest absolute Gasteiger partial charge is 0.456 e. The van der Waals surface area contributed by atoms with E-state index in [9.17, 15) is 38.0 Å². The molecule has 0 bridgehead atoms. The first-order valence-electron chi connectivity index (χ1n) is 9.28. The minimum absolute atomic E-state index is 0.00697. The van der Waals surface area contributed by atoms with E-state index in [-0.39, 0.29) is 35.4 Å².